The van der Waals surface area contributed by atoms with Crippen LogP contribution in [-0.4, -0.2) is 19.7 Å². The number of piperidine rings is 1. The molecule has 2 heteroatoms. The van der Waals surface area contributed by atoms with Gasteiger partial charge in [-0.05, 0) is 75.7 Å². The summed E-state index contributed by atoms with van der Waals surface area (Å²) in [6.07, 6.45) is 6.63. The van der Waals surface area contributed by atoms with Gasteiger partial charge in [0.2, 0.25) is 0 Å². The van der Waals surface area contributed by atoms with Gasteiger partial charge in [0.25, 0.3) is 0 Å². The zero-order valence-electron chi connectivity index (χ0n) is 11.5. The number of hydrogen-bond acceptors (Lipinski definition) is 2. The number of nitrogens with one attached hydrogen (secondary N) is 1. The van der Waals surface area contributed by atoms with E-state index in [1.54, 1.807) is 0 Å². The summed E-state index contributed by atoms with van der Waals surface area (Å²) in [5.41, 5.74) is 1.43. The normalized spacial score (nSPS) is 19.7. The van der Waals surface area contributed by atoms with Crippen molar-refractivity contribution >= 4 is 0 Å². The van der Waals surface area contributed by atoms with E-state index in [1.807, 2.05) is 6.92 Å². The van der Waals surface area contributed by atoms with Gasteiger partial charge in [-0.25, -0.2) is 0 Å². The van der Waals surface area contributed by atoms with Gasteiger partial charge in [0, 0.05) is 0 Å². The SMILES string of the molecule is CCOc1ccc(CCCC2CCCNC2)cc1. The lowest BCUT2D eigenvalue weighted by molar-refractivity contribution is 0.340. The van der Waals surface area contributed by atoms with Gasteiger partial charge in [0.15, 0.2) is 0 Å². The van der Waals surface area contributed by atoms with E-state index in [9.17, 15) is 0 Å². The summed E-state index contributed by atoms with van der Waals surface area (Å²) in [7, 11) is 0. The third-order valence-corrected chi connectivity index (χ3v) is 3.71. The van der Waals surface area contributed by atoms with Gasteiger partial charge in [0.05, 0.1) is 6.61 Å². The maximum atomic E-state index is 5.45. The Balaban J connectivity index is 1.69. The summed E-state index contributed by atoms with van der Waals surface area (Å²) < 4.78 is 5.45. The van der Waals surface area contributed by atoms with E-state index in [0.29, 0.717) is 0 Å². The largest absolute Gasteiger partial charge is 0.494 e. The number of hydrogen-bond donors (Lipinski definition) is 1. The van der Waals surface area contributed by atoms with Crippen LogP contribution in [0.2, 0.25) is 0 Å². The molecule has 0 saturated carbocycles. The van der Waals surface area contributed by atoms with E-state index in [2.05, 4.69) is 29.6 Å². The van der Waals surface area contributed by atoms with E-state index in [1.165, 1.54) is 50.8 Å². The molecule has 1 aliphatic heterocycles. The van der Waals surface area contributed by atoms with Crippen LogP contribution in [-0.2, 0) is 6.42 Å². The van der Waals surface area contributed by atoms with Crippen LogP contribution in [0, 0.1) is 5.92 Å². The molecule has 1 heterocycles. The van der Waals surface area contributed by atoms with Crippen molar-refractivity contribution in [1.29, 1.82) is 0 Å². The third-order valence-electron chi connectivity index (χ3n) is 3.71. The minimum atomic E-state index is 0.744. The quantitative estimate of drug-likeness (QED) is 0.832. The highest BCUT2D eigenvalue weighted by Crippen LogP contribution is 2.19. The van der Waals surface area contributed by atoms with Crippen molar-refractivity contribution in [3.63, 3.8) is 0 Å². The number of rotatable bonds is 6. The first-order valence-corrected chi connectivity index (χ1v) is 7.31. The highest BCUT2D eigenvalue weighted by molar-refractivity contribution is 5.27. The molecule has 0 bridgehead atoms. The maximum Gasteiger partial charge on any atom is 0.119 e. The Morgan fingerprint density at radius 2 is 2.11 bits per heavy atom. The highest BCUT2D eigenvalue weighted by atomic mass is 16.5. The van der Waals surface area contributed by atoms with Crippen molar-refractivity contribution in [1.82, 2.24) is 5.32 Å². The Bertz CT molecular complexity index is 327. The molecule has 1 atom stereocenters. The zero-order chi connectivity index (χ0) is 12.6. The molecule has 0 aliphatic carbocycles. The zero-order valence-corrected chi connectivity index (χ0v) is 11.5. The van der Waals surface area contributed by atoms with Gasteiger partial charge >= 0.3 is 0 Å². The van der Waals surface area contributed by atoms with Crippen molar-refractivity contribution in [2.45, 2.75) is 39.0 Å². The summed E-state index contributed by atoms with van der Waals surface area (Å²) in [5.74, 6) is 1.89. The van der Waals surface area contributed by atoms with Crippen molar-refractivity contribution < 1.29 is 4.74 Å². The fraction of sp³-hybridized carbons (Fsp3) is 0.625. The molecule has 0 radical (unpaired) electrons. The average Bonchev–Trinajstić information content (AvgIpc) is 2.42. The predicted octanol–water partition coefficient (Wildman–Crippen LogP) is 3.41. The molecule has 2 rings (SSSR count). The summed E-state index contributed by atoms with van der Waals surface area (Å²) >= 11 is 0. The van der Waals surface area contributed by atoms with Crippen LogP contribution in [0.15, 0.2) is 24.3 Å². The minimum Gasteiger partial charge on any atom is -0.494 e. The van der Waals surface area contributed by atoms with Crippen LogP contribution in [0.1, 0.15) is 38.2 Å². The van der Waals surface area contributed by atoms with Gasteiger partial charge in [-0.1, -0.05) is 12.1 Å². The molecule has 1 N–H and O–H groups in total. The smallest absolute Gasteiger partial charge is 0.119 e. The van der Waals surface area contributed by atoms with Crippen LogP contribution in [0.4, 0.5) is 0 Å². The third kappa shape index (κ3) is 4.34. The Kier molecular flexibility index (Phi) is 5.53. The molecule has 100 valence electrons. The topological polar surface area (TPSA) is 21.3 Å². The molecule has 1 saturated heterocycles. The molecule has 1 aromatic carbocycles. The lowest BCUT2D eigenvalue weighted by Gasteiger charge is -2.22. The second-order valence-corrected chi connectivity index (χ2v) is 5.18. The molecule has 0 aromatic heterocycles. The molecular formula is C16H25NO. The van der Waals surface area contributed by atoms with Gasteiger partial charge in [-0.15, -0.1) is 0 Å². The summed E-state index contributed by atoms with van der Waals surface area (Å²) in [6, 6.07) is 8.57. The maximum absolute atomic E-state index is 5.45. The van der Waals surface area contributed by atoms with Crippen molar-refractivity contribution in [3.05, 3.63) is 29.8 Å². The van der Waals surface area contributed by atoms with Crippen LogP contribution in [0.3, 0.4) is 0 Å². The number of aryl methyl sites for hydroxylation is 1. The summed E-state index contributed by atoms with van der Waals surface area (Å²) in [5, 5.41) is 3.49. The highest BCUT2D eigenvalue weighted by Gasteiger charge is 2.11. The molecule has 2 nitrogen and oxygen atoms in total. The molecule has 18 heavy (non-hydrogen) atoms. The molecule has 1 fully saturated rings. The van der Waals surface area contributed by atoms with E-state index in [-0.39, 0.29) is 0 Å². The molecule has 1 aromatic rings. The van der Waals surface area contributed by atoms with E-state index >= 15 is 0 Å². The van der Waals surface area contributed by atoms with Crippen molar-refractivity contribution in [3.8, 4) is 5.75 Å². The lowest BCUT2D eigenvalue weighted by Crippen LogP contribution is -2.29. The Labute approximate surface area is 111 Å². The van der Waals surface area contributed by atoms with Gasteiger partial charge < -0.3 is 10.1 Å². The van der Waals surface area contributed by atoms with Crippen molar-refractivity contribution in [2.75, 3.05) is 19.7 Å². The average molecular weight is 247 g/mol. The standard InChI is InChI=1S/C16H25NO/c1-2-18-16-10-8-14(9-11-16)5-3-6-15-7-4-12-17-13-15/h8-11,15,17H,2-7,12-13H2,1H3. The van der Waals surface area contributed by atoms with E-state index < -0.39 is 0 Å². The van der Waals surface area contributed by atoms with Gasteiger partial charge in [-0.2, -0.15) is 0 Å². The predicted molar refractivity (Wildman–Crippen MR) is 76.1 cm³/mol. The van der Waals surface area contributed by atoms with Crippen LogP contribution in [0.5, 0.6) is 5.75 Å². The monoisotopic (exact) mass is 247 g/mol. The number of benzene rings is 1. The summed E-state index contributed by atoms with van der Waals surface area (Å²) in [6.45, 7) is 5.21. The van der Waals surface area contributed by atoms with Crippen LogP contribution < -0.4 is 10.1 Å². The molecule has 1 unspecified atom stereocenters. The lowest BCUT2D eigenvalue weighted by atomic mass is 9.93. The first kappa shape index (κ1) is 13.4. The fourth-order valence-electron chi connectivity index (χ4n) is 2.68. The first-order valence-electron chi connectivity index (χ1n) is 7.31. The van der Waals surface area contributed by atoms with Crippen LogP contribution >= 0.6 is 0 Å². The summed E-state index contributed by atoms with van der Waals surface area (Å²) in [4.78, 5) is 0. The van der Waals surface area contributed by atoms with E-state index in [0.717, 1.165) is 18.3 Å². The Hall–Kier alpha value is -1.02. The first-order chi connectivity index (χ1) is 8.88. The van der Waals surface area contributed by atoms with Gasteiger partial charge in [0.1, 0.15) is 5.75 Å². The molecule has 0 spiro atoms. The Morgan fingerprint density at radius 1 is 1.28 bits per heavy atom. The second-order valence-electron chi connectivity index (χ2n) is 5.18. The Morgan fingerprint density at radius 3 is 2.78 bits per heavy atom. The van der Waals surface area contributed by atoms with E-state index in [4.69, 9.17) is 4.74 Å². The fourth-order valence-corrected chi connectivity index (χ4v) is 2.68. The molecular weight excluding hydrogens is 222 g/mol. The van der Waals surface area contributed by atoms with Crippen LogP contribution in [0.25, 0.3) is 0 Å². The molecule has 0 amide bonds. The minimum absolute atomic E-state index is 0.744. The second kappa shape index (κ2) is 7.42. The van der Waals surface area contributed by atoms with Gasteiger partial charge in [-0.3, -0.25) is 0 Å². The number of ether oxygens (including phenoxy) is 1. The molecule has 1 aliphatic rings. The van der Waals surface area contributed by atoms with Crippen molar-refractivity contribution in [2.24, 2.45) is 5.92 Å².